The fourth-order valence-electron chi connectivity index (χ4n) is 2.96. The predicted molar refractivity (Wildman–Crippen MR) is 89.4 cm³/mol. The molecule has 1 atom stereocenters. The van der Waals surface area contributed by atoms with E-state index >= 15 is 0 Å². The van der Waals surface area contributed by atoms with Crippen molar-refractivity contribution in [3.05, 3.63) is 50.7 Å². The first kappa shape index (κ1) is 14.3. The molecule has 0 radical (unpaired) electrons. The number of rotatable bonds is 2. The van der Waals surface area contributed by atoms with E-state index in [0.717, 1.165) is 34.9 Å². The highest BCUT2D eigenvalue weighted by atomic mass is 32.1. The van der Waals surface area contributed by atoms with Gasteiger partial charge in [0.25, 0.3) is 5.91 Å². The summed E-state index contributed by atoms with van der Waals surface area (Å²) in [6.07, 6.45) is 3.48. The predicted octanol–water partition coefficient (Wildman–Crippen LogP) is 4.74. The second-order valence-electron chi connectivity index (χ2n) is 6.18. The summed E-state index contributed by atoms with van der Waals surface area (Å²) < 4.78 is 0. The number of aryl methyl sites for hydroxylation is 3. The molecule has 1 amide bonds. The lowest BCUT2D eigenvalue weighted by atomic mass is 9.90. The van der Waals surface area contributed by atoms with E-state index < -0.39 is 0 Å². The van der Waals surface area contributed by atoms with E-state index in [1.807, 2.05) is 19.1 Å². The number of amides is 1. The fraction of sp³-hybridized carbons (Fsp3) is 0.389. The summed E-state index contributed by atoms with van der Waals surface area (Å²) in [6.45, 7) is 6.38. The van der Waals surface area contributed by atoms with E-state index in [9.17, 15) is 4.79 Å². The fourth-order valence-corrected chi connectivity index (χ4v) is 4.06. The first-order valence-electron chi connectivity index (χ1n) is 7.53. The van der Waals surface area contributed by atoms with Gasteiger partial charge in [0.15, 0.2) is 0 Å². The summed E-state index contributed by atoms with van der Waals surface area (Å²) in [5.74, 6) is 0.761. The van der Waals surface area contributed by atoms with Crippen LogP contribution in [-0.4, -0.2) is 5.91 Å². The molecule has 0 aliphatic heterocycles. The Morgan fingerprint density at radius 2 is 2.10 bits per heavy atom. The molecule has 2 aromatic rings. The minimum absolute atomic E-state index is 0.0222. The van der Waals surface area contributed by atoms with Gasteiger partial charge in [0.1, 0.15) is 0 Å². The number of benzene rings is 1. The van der Waals surface area contributed by atoms with Gasteiger partial charge < -0.3 is 5.32 Å². The van der Waals surface area contributed by atoms with E-state index in [1.54, 1.807) is 11.3 Å². The van der Waals surface area contributed by atoms with Crippen LogP contribution in [0.4, 0.5) is 5.69 Å². The highest BCUT2D eigenvalue weighted by Gasteiger charge is 2.20. The zero-order valence-corrected chi connectivity index (χ0v) is 13.6. The molecule has 0 saturated carbocycles. The van der Waals surface area contributed by atoms with Crippen LogP contribution < -0.4 is 5.32 Å². The molecule has 21 heavy (non-hydrogen) atoms. The molecule has 0 saturated heterocycles. The molecular weight excluding hydrogens is 278 g/mol. The van der Waals surface area contributed by atoms with Gasteiger partial charge in [-0.15, -0.1) is 11.3 Å². The number of nitrogens with one attached hydrogen (secondary N) is 1. The molecule has 110 valence electrons. The Labute approximate surface area is 130 Å². The molecule has 1 heterocycles. The normalized spacial score (nSPS) is 17.4. The van der Waals surface area contributed by atoms with Crippen molar-refractivity contribution < 1.29 is 4.79 Å². The topological polar surface area (TPSA) is 29.1 Å². The molecule has 0 fully saturated rings. The maximum atomic E-state index is 12.4. The molecule has 1 aliphatic rings. The van der Waals surface area contributed by atoms with E-state index in [1.165, 1.54) is 22.4 Å². The van der Waals surface area contributed by atoms with Crippen LogP contribution in [0, 0.1) is 19.8 Å². The standard InChI is InChI=1S/C18H21NOS/c1-11-4-6-15(13(3)8-11)19-18(20)17-10-14-9-12(2)5-7-16(14)21-17/h4,6,8,10,12H,5,7,9H2,1-3H3,(H,19,20)/t12-/m0/s1. The van der Waals surface area contributed by atoms with Gasteiger partial charge in [0.2, 0.25) is 0 Å². The monoisotopic (exact) mass is 299 g/mol. The van der Waals surface area contributed by atoms with Gasteiger partial charge in [-0.3, -0.25) is 4.79 Å². The third kappa shape index (κ3) is 3.03. The Morgan fingerprint density at radius 3 is 2.86 bits per heavy atom. The maximum Gasteiger partial charge on any atom is 0.265 e. The molecule has 1 aliphatic carbocycles. The molecule has 2 nitrogen and oxygen atoms in total. The summed E-state index contributed by atoms with van der Waals surface area (Å²) in [7, 11) is 0. The molecule has 0 bridgehead atoms. The van der Waals surface area contributed by atoms with Crippen LogP contribution in [0.1, 0.15) is 44.6 Å². The number of fused-ring (bicyclic) bond motifs is 1. The Kier molecular flexibility index (Phi) is 3.85. The molecule has 0 unspecified atom stereocenters. The van der Waals surface area contributed by atoms with Crippen molar-refractivity contribution in [3.8, 4) is 0 Å². The molecule has 1 N–H and O–H groups in total. The van der Waals surface area contributed by atoms with Crippen molar-refractivity contribution in [3.63, 3.8) is 0 Å². The third-order valence-corrected chi connectivity index (χ3v) is 5.42. The van der Waals surface area contributed by atoms with Gasteiger partial charge in [0.05, 0.1) is 4.88 Å². The highest BCUT2D eigenvalue weighted by Crippen LogP contribution is 2.32. The lowest BCUT2D eigenvalue weighted by Gasteiger charge is -2.16. The Hall–Kier alpha value is -1.61. The molecule has 1 aromatic carbocycles. The summed E-state index contributed by atoms with van der Waals surface area (Å²) in [4.78, 5) is 14.7. The SMILES string of the molecule is Cc1ccc(NC(=O)c2cc3c(s2)CC[C@H](C)C3)c(C)c1. The van der Waals surface area contributed by atoms with E-state index in [0.29, 0.717) is 0 Å². The number of hydrogen-bond donors (Lipinski definition) is 1. The van der Waals surface area contributed by atoms with Gasteiger partial charge in [-0.05, 0) is 62.3 Å². The van der Waals surface area contributed by atoms with Crippen molar-refractivity contribution in [2.75, 3.05) is 5.32 Å². The average Bonchev–Trinajstić information content (AvgIpc) is 2.85. The van der Waals surface area contributed by atoms with Crippen LogP contribution in [0.25, 0.3) is 0 Å². The van der Waals surface area contributed by atoms with E-state index in [-0.39, 0.29) is 5.91 Å². The van der Waals surface area contributed by atoms with Crippen molar-refractivity contribution in [1.29, 1.82) is 0 Å². The van der Waals surface area contributed by atoms with Crippen LogP contribution in [-0.2, 0) is 12.8 Å². The third-order valence-electron chi connectivity index (χ3n) is 4.18. The number of carbonyl (C=O) groups excluding carboxylic acids is 1. The van der Waals surface area contributed by atoms with E-state index in [4.69, 9.17) is 0 Å². The Balaban J connectivity index is 1.79. The first-order chi connectivity index (χ1) is 10.0. The largest absolute Gasteiger partial charge is 0.321 e. The van der Waals surface area contributed by atoms with Crippen LogP contribution in [0.5, 0.6) is 0 Å². The van der Waals surface area contributed by atoms with Crippen LogP contribution in [0.15, 0.2) is 24.3 Å². The summed E-state index contributed by atoms with van der Waals surface area (Å²) in [6, 6.07) is 8.20. The van der Waals surface area contributed by atoms with Gasteiger partial charge in [0, 0.05) is 10.6 Å². The first-order valence-corrected chi connectivity index (χ1v) is 8.35. The highest BCUT2D eigenvalue weighted by molar-refractivity contribution is 7.14. The van der Waals surface area contributed by atoms with E-state index in [2.05, 4.69) is 31.3 Å². The minimum Gasteiger partial charge on any atom is -0.321 e. The summed E-state index contributed by atoms with van der Waals surface area (Å²) >= 11 is 1.66. The molecular formula is C18H21NOS. The zero-order valence-electron chi connectivity index (χ0n) is 12.8. The Morgan fingerprint density at radius 1 is 1.29 bits per heavy atom. The maximum absolute atomic E-state index is 12.4. The summed E-state index contributed by atoms with van der Waals surface area (Å²) in [5, 5.41) is 3.05. The molecule has 3 heteroatoms. The second kappa shape index (κ2) is 5.64. The number of hydrogen-bond acceptors (Lipinski definition) is 2. The van der Waals surface area contributed by atoms with Crippen LogP contribution in [0.2, 0.25) is 0 Å². The molecule has 0 spiro atoms. The van der Waals surface area contributed by atoms with Crippen molar-refractivity contribution in [2.24, 2.45) is 5.92 Å². The lowest BCUT2D eigenvalue weighted by Crippen LogP contribution is -2.11. The van der Waals surface area contributed by atoms with Gasteiger partial charge >= 0.3 is 0 Å². The van der Waals surface area contributed by atoms with Gasteiger partial charge in [-0.1, -0.05) is 24.6 Å². The quantitative estimate of drug-likeness (QED) is 0.852. The smallest absolute Gasteiger partial charge is 0.265 e. The second-order valence-corrected chi connectivity index (χ2v) is 7.32. The number of anilines is 1. The van der Waals surface area contributed by atoms with Crippen LogP contribution >= 0.6 is 11.3 Å². The van der Waals surface area contributed by atoms with Crippen LogP contribution in [0.3, 0.4) is 0 Å². The lowest BCUT2D eigenvalue weighted by molar-refractivity contribution is 0.103. The molecule has 3 rings (SSSR count). The van der Waals surface area contributed by atoms with Gasteiger partial charge in [-0.25, -0.2) is 0 Å². The zero-order chi connectivity index (χ0) is 15.0. The van der Waals surface area contributed by atoms with Crippen molar-refractivity contribution in [1.82, 2.24) is 0 Å². The molecule has 1 aromatic heterocycles. The number of thiophene rings is 1. The van der Waals surface area contributed by atoms with Crippen molar-refractivity contribution >= 4 is 22.9 Å². The number of carbonyl (C=O) groups is 1. The Bertz CT molecular complexity index is 687. The van der Waals surface area contributed by atoms with Crippen molar-refractivity contribution in [2.45, 2.75) is 40.0 Å². The minimum atomic E-state index is 0.0222. The average molecular weight is 299 g/mol. The summed E-state index contributed by atoms with van der Waals surface area (Å²) in [5.41, 5.74) is 4.61. The van der Waals surface area contributed by atoms with Gasteiger partial charge in [-0.2, -0.15) is 0 Å².